The smallest absolute Gasteiger partial charge is 0.270 e. The molecule has 8 nitrogen and oxygen atoms in total. The van der Waals surface area contributed by atoms with E-state index in [1.165, 1.54) is 18.8 Å². The average molecular weight is 412 g/mol. The third kappa shape index (κ3) is 1.86. The summed E-state index contributed by atoms with van der Waals surface area (Å²) in [6.45, 7) is 0. The molecule has 2 bridgehead atoms. The Bertz CT molecular complexity index is 1370. The molecular formula is C23H16N4O4. The van der Waals surface area contributed by atoms with Gasteiger partial charge in [-0.1, -0.05) is 42.5 Å². The van der Waals surface area contributed by atoms with Crippen LogP contribution < -0.4 is 11.4 Å². The van der Waals surface area contributed by atoms with Gasteiger partial charge in [-0.05, 0) is 24.3 Å². The first-order valence-corrected chi connectivity index (χ1v) is 10.3. The second kappa shape index (κ2) is 5.40. The van der Waals surface area contributed by atoms with Gasteiger partial charge in [0.2, 0.25) is 0 Å². The Hall–Kier alpha value is -3.94. The summed E-state index contributed by atoms with van der Waals surface area (Å²) >= 11 is 0. The number of carbonyl (C=O) groups is 2. The van der Waals surface area contributed by atoms with Gasteiger partial charge < -0.3 is 0 Å². The molecule has 0 N–H and O–H groups in total. The van der Waals surface area contributed by atoms with Crippen LogP contribution in [0.3, 0.4) is 0 Å². The van der Waals surface area contributed by atoms with E-state index < -0.39 is 11.4 Å². The van der Waals surface area contributed by atoms with Crippen molar-refractivity contribution >= 4 is 11.8 Å². The van der Waals surface area contributed by atoms with E-state index in [1.54, 1.807) is 48.5 Å². The number of para-hydroxylation sites is 1. The number of aromatic nitrogens is 3. The molecule has 3 aromatic rings. The Morgan fingerprint density at radius 2 is 1.10 bits per heavy atom. The molecule has 1 aromatic heterocycles. The van der Waals surface area contributed by atoms with E-state index in [-0.39, 0.29) is 41.8 Å². The molecule has 3 aliphatic heterocycles. The highest BCUT2D eigenvalue weighted by Gasteiger charge is 2.68. The highest BCUT2D eigenvalue weighted by molar-refractivity contribution is 6.21. The van der Waals surface area contributed by atoms with Gasteiger partial charge in [0.1, 0.15) is 0 Å². The topological polar surface area (TPSA) is 86.3 Å². The molecule has 5 atom stereocenters. The number of fused-ring (bicyclic) bond motifs is 1. The molecule has 0 radical (unpaired) electrons. The highest BCUT2D eigenvalue weighted by atomic mass is 16.2. The monoisotopic (exact) mass is 412 g/mol. The maximum atomic E-state index is 13.2. The lowest BCUT2D eigenvalue weighted by molar-refractivity contribution is 0.0626. The predicted octanol–water partition coefficient (Wildman–Crippen LogP) is 1.38. The SMILES string of the molecule is O=C1c2ccccc2C(=O)N1C1[C@@H]2C3C=CC([C@H]12)n1c(=O)n(-c2ccccc2)c(=O)n13. The van der Waals surface area contributed by atoms with E-state index >= 15 is 0 Å². The molecule has 8 rings (SSSR count). The molecule has 8 heteroatoms. The standard InChI is InChI=1S/C23H16N4O4/c28-20-13-8-4-5-9-14(13)21(29)25(20)19-17-15-10-11-16(18(17)19)27-23(31)24(22(30)26(15)27)12-6-2-1-3-7-12/h1-11,15-19H/t15?,16?,17-,18+,19?. The summed E-state index contributed by atoms with van der Waals surface area (Å²) in [6.07, 6.45) is 3.86. The van der Waals surface area contributed by atoms with Crippen molar-refractivity contribution in [1.29, 1.82) is 0 Å². The second-order valence-electron chi connectivity index (χ2n) is 8.46. The minimum atomic E-state index is -0.401. The molecule has 1 saturated carbocycles. The molecule has 3 unspecified atom stereocenters. The van der Waals surface area contributed by atoms with Crippen LogP contribution in [-0.4, -0.2) is 36.7 Å². The van der Waals surface area contributed by atoms with Crippen LogP contribution in [0, 0.1) is 11.8 Å². The summed E-state index contributed by atoms with van der Waals surface area (Å²) in [5.41, 5.74) is 0.556. The number of nitrogens with zero attached hydrogens (tertiary/aromatic N) is 4. The number of allylic oxidation sites excluding steroid dienone is 2. The van der Waals surface area contributed by atoms with Crippen molar-refractivity contribution in [2.45, 2.75) is 18.1 Å². The van der Waals surface area contributed by atoms with Crippen LogP contribution in [0.5, 0.6) is 0 Å². The van der Waals surface area contributed by atoms with Crippen molar-refractivity contribution in [3.8, 4) is 5.69 Å². The number of rotatable bonds is 2. The number of benzene rings is 2. The van der Waals surface area contributed by atoms with Crippen LogP contribution in [-0.2, 0) is 0 Å². The van der Waals surface area contributed by atoms with Gasteiger partial charge in [0.05, 0.1) is 34.9 Å². The van der Waals surface area contributed by atoms with Gasteiger partial charge in [0, 0.05) is 11.8 Å². The summed E-state index contributed by atoms with van der Waals surface area (Å²) in [5.74, 6) is -0.724. The third-order valence-corrected chi connectivity index (χ3v) is 7.10. The number of hydrogen-bond donors (Lipinski definition) is 0. The Balaban J connectivity index is 1.32. The molecule has 2 aliphatic carbocycles. The van der Waals surface area contributed by atoms with E-state index in [2.05, 4.69) is 0 Å². The second-order valence-corrected chi connectivity index (χ2v) is 8.46. The van der Waals surface area contributed by atoms with Gasteiger partial charge in [-0.2, -0.15) is 0 Å². The summed E-state index contributed by atoms with van der Waals surface area (Å²) < 4.78 is 4.19. The fourth-order valence-electron chi connectivity index (χ4n) is 5.81. The Morgan fingerprint density at radius 1 is 0.613 bits per heavy atom. The average Bonchev–Trinajstić information content (AvgIpc) is 3.43. The highest BCUT2D eigenvalue weighted by Crippen LogP contribution is 2.61. The van der Waals surface area contributed by atoms with Crippen LogP contribution >= 0.6 is 0 Å². The Morgan fingerprint density at radius 3 is 1.61 bits per heavy atom. The summed E-state index contributed by atoms with van der Waals surface area (Å²) in [5, 5.41) is 0. The zero-order chi connectivity index (χ0) is 21.0. The summed E-state index contributed by atoms with van der Waals surface area (Å²) in [4.78, 5) is 53.8. The lowest BCUT2D eigenvalue weighted by Crippen LogP contribution is -2.40. The minimum Gasteiger partial charge on any atom is -0.270 e. The molecule has 0 saturated heterocycles. The van der Waals surface area contributed by atoms with Crippen LogP contribution in [0.1, 0.15) is 32.8 Å². The van der Waals surface area contributed by atoms with Crippen molar-refractivity contribution in [3.63, 3.8) is 0 Å². The van der Waals surface area contributed by atoms with E-state index in [0.717, 1.165) is 0 Å². The lowest BCUT2D eigenvalue weighted by Gasteiger charge is -2.32. The zero-order valence-electron chi connectivity index (χ0n) is 16.2. The molecule has 31 heavy (non-hydrogen) atoms. The van der Waals surface area contributed by atoms with Gasteiger partial charge in [0.15, 0.2) is 0 Å². The molecule has 5 aliphatic rings. The van der Waals surface area contributed by atoms with Crippen molar-refractivity contribution in [1.82, 2.24) is 18.8 Å². The van der Waals surface area contributed by atoms with Crippen LogP contribution in [0.25, 0.3) is 5.69 Å². The Labute approximate surface area is 175 Å². The van der Waals surface area contributed by atoms with Crippen LogP contribution in [0.15, 0.2) is 76.3 Å². The maximum Gasteiger partial charge on any atom is 0.352 e. The molecule has 2 amide bonds. The molecular weight excluding hydrogens is 396 g/mol. The van der Waals surface area contributed by atoms with Gasteiger partial charge in [-0.15, -0.1) is 0 Å². The third-order valence-electron chi connectivity index (χ3n) is 7.10. The van der Waals surface area contributed by atoms with E-state index in [0.29, 0.717) is 16.8 Å². The number of amides is 2. The first-order valence-electron chi connectivity index (χ1n) is 10.3. The van der Waals surface area contributed by atoms with E-state index in [4.69, 9.17) is 0 Å². The van der Waals surface area contributed by atoms with Crippen LogP contribution in [0.2, 0.25) is 0 Å². The van der Waals surface area contributed by atoms with Crippen LogP contribution in [0.4, 0.5) is 0 Å². The number of imide groups is 1. The predicted molar refractivity (Wildman–Crippen MR) is 109 cm³/mol. The largest absolute Gasteiger partial charge is 0.352 e. The van der Waals surface area contributed by atoms with Crippen molar-refractivity contribution < 1.29 is 9.59 Å². The number of hydrogen-bond acceptors (Lipinski definition) is 4. The van der Waals surface area contributed by atoms with Gasteiger partial charge >= 0.3 is 11.4 Å². The first-order chi connectivity index (χ1) is 15.1. The van der Waals surface area contributed by atoms with E-state index in [1.807, 2.05) is 18.2 Å². The molecule has 0 spiro atoms. The normalized spacial score (nSPS) is 29.2. The fourth-order valence-corrected chi connectivity index (χ4v) is 5.81. The molecule has 4 heterocycles. The van der Waals surface area contributed by atoms with Gasteiger partial charge in [0.25, 0.3) is 11.8 Å². The van der Waals surface area contributed by atoms with Gasteiger partial charge in [-0.3, -0.25) is 14.5 Å². The fraction of sp³-hybridized carbons (Fsp3) is 0.217. The summed E-state index contributed by atoms with van der Waals surface area (Å²) in [7, 11) is 0. The lowest BCUT2D eigenvalue weighted by atomic mass is 9.96. The van der Waals surface area contributed by atoms with Gasteiger partial charge in [-0.25, -0.2) is 23.5 Å². The molecule has 152 valence electrons. The quantitative estimate of drug-likeness (QED) is 0.470. The van der Waals surface area contributed by atoms with Crippen molar-refractivity contribution in [2.75, 3.05) is 0 Å². The number of carbonyl (C=O) groups excluding carboxylic acids is 2. The minimum absolute atomic E-state index is 0.0686. The zero-order valence-corrected chi connectivity index (χ0v) is 16.2. The molecule has 1 fully saturated rings. The van der Waals surface area contributed by atoms with Crippen molar-refractivity contribution in [3.05, 3.63) is 98.8 Å². The van der Waals surface area contributed by atoms with Crippen molar-refractivity contribution in [2.24, 2.45) is 11.8 Å². The maximum absolute atomic E-state index is 13.2. The first kappa shape index (κ1) is 16.8. The molecule has 2 aromatic carbocycles. The Kier molecular flexibility index (Phi) is 2.93. The van der Waals surface area contributed by atoms with E-state index in [9.17, 15) is 19.2 Å². The summed E-state index contributed by atoms with van der Waals surface area (Å²) in [6, 6.07) is 14.6.